The van der Waals surface area contributed by atoms with E-state index < -0.39 is 34.5 Å². The van der Waals surface area contributed by atoms with Gasteiger partial charge in [-0.2, -0.15) is 4.72 Å². The van der Waals surface area contributed by atoms with Crippen molar-refractivity contribution in [2.75, 3.05) is 39.3 Å². The monoisotopic (exact) mass is 643 g/mol. The average molecular weight is 645 g/mol. The highest BCUT2D eigenvalue weighted by molar-refractivity contribution is 7.91. The normalized spacial score (nSPS) is 17.3. The van der Waals surface area contributed by atoms with Crippen LogP contribution in [0.1, 0.15) is 51.4 Å². The predicted octanol–water partition coefficient (Wildman–Crippen LogP) is 1.73. The number of sulfonamides is 1. The van der Waals surface area contributed by atoms with Crippen molar-refractivity contribution in [2.24, 2.45) is 17.8 Å². The third-order valence-corrected chi connectivity index (χ3v) is 10.3. The third kappa shape index (κ3) is 12.6. The molecule has 6 N–H and O–H groups in total. The molecular formula is C25H43Cl2N5O6S2. The zero-order chi connectivity index (χ0) is 27.4. The summed E-state index contributed by atoms with van der Waals surface area (Å²) in [6, 6.07) is 1.38. The number of amides is 2. The van der Waals surface area contributed by atoms with Gasteiger partial charge in [0.05, 0.1) is 6.54 Å². The van der Waals surface area contributed by atoms with Gasteiger partial charge in [-0.15, -0.1) is 36.2 Å². The molecule has 0 aromatic carbocycles. The van der Waals surface area contributed by atoms with E-state index in [0.717, 1.165) is 88.9 Å². The Labute approximate surface area is 253 Å². The van der Waals surface area contributed by atoms with Crippen LogP contribution in [-0.4, -0.2) is 76.6 Å². The number of thiophene rings is 1. The van der Waals surface area contributed by atoms with Crippen molar-refractivity contribution in [1.82, 2.24) is 26.0 Å². The second kappa shape index (κ2) is 18.9. The molecule has 0 spiro atoms. The fourth-order valence-electron chi connectivity index (χ4n) is 5.05. The summed E-state index contributed by atoms with van der Waals surface area (Å²) in [6.07, 6.45) is 8.02. The molecule has 0 saturated carbocycles. The molecule has 11 nitrogen and oxygen atoms in total. The number of carboxylic acid groups (broad SMARTS) is 1. The number of aliphatic carboxylic acids is 1. The number of hydrogen-bond donors (Lipinski definition) is 6. The van der Waals surface area contributed by atoms with E-state index in [4.69, 9.17) is 0 Å². The van der Waals surface area contributed by atoms with Gasteiger partial charge in [0.1, 0.15) is 10.3 Å². The minimum absolute atomic E-state index is 0. The Morgan fingerprint density at radius 2 is 1.50 bits per heavy atom. The average Bonchev–Trinajstić information content (AvgIpc) is 3.47. The second-order valence-corrected chi connectivity index (χ2v) is 13.1. The zero-order valence-electron chi connectivity index (χ0n) is 22.6. The van der Waals surface area contributed by atoms with Gasteiger partial charge in [0.15, 0.2) is 0 Å². The molecule has 2 aliphatic heterocycles. The molecule has 1 aromatic rings. The van der Waals surface area contributed by atoms with Crippen LogP contribution in [0.5, 0.6) is 0 Å². The molecule has 15 heteroatoms. The molecule has 1 aromatic heterocycles. The summed E-state index contributed by atoms with van der Waals surface area (Å²) in [5, 5.41) is 22.9. The zero-order valence-corrected chi connectivity index (χ0v) is 25.8. The molecule has 1 atom stereocenters. The Hall–Kier alpha value is -1.48. The first kappa shape index (κ1) is 36.5. The van der Waals surface area contributed by atoms with E-state index in [2.05, 4.69) is 26.0 Å². The van der Waals surface area contributed by atoms with Crippen LogP contribution >= 0.6 is 36.2 Å². The Balaban J connectivity index is 0.00000400. The first-order valence-electron chi connectivity index (χ1n) is 13.5. The fraction of sp³-hybridized carbons (Fsp3) is 0.720. The van der Waals surface area contributed by atoms with Gasteiger partial charge in [0.25, 0.3) is 10.0 Å². The van der Waals surface area contributed by atoms with E-state index in [-0.39, 0.29) is 47.4 Å². The number of carbonyl (C=O) groups excluding carboxylic acids is 2. The molecule has 0 aliphatic carbocycles. The lowest BCUT2D eigenvalue weighted by molar-refractivity contribution is -0.139. The lowest BCUT2D eigenvalue weighted by Crippen LogP contribution is -2.50. The van der Waals surface area contributed by atoms with E-state index in [1.54, 1.807) is 11.4 Å². The van der Waals surface area contributed by atoms with Gasteiger partial charge in [0, 0.05) is 12.5 Å². The van der Waals surface area contributed by atoms with Crippen molar-refractivity contribution in [3.8, 4) is 0 Å². The molecule has 40 heavy (non-hydrogen) atoms. The van der Waals surface area contributed by atoms with Crippen LogP contribution < -0.4 is 26.0 Å². The largest absolute Gasteiger partial charge is 0.480 e. The quantitative estimate of drug-likeness (QED) is 0.168. The number of hydrogen-bond acceptors (Lipinski definition) is 8. The van der Waals surface area contributed by atoms with Crippen LogP contribution in [0.15, 0.2) is 21.7 Å². The van der Waals surface area contributed by atoms with Gasteiger partial charge in [-0.3, -0.25) is 14.4 Å². The molecule has 0 radical (unpaired) electrons. The number of carbonyl (C=O) groups is 3. The summed E-state index contributed by atoms with van der Waals surface area (Å²) in [5.41, 5.74) is 0. The summed E-state index contributed by atoms with van der Waals surface area (Å²) < 4.78 is 26.8. The molecule has 3 heterocycles. The predicted molar refractivity (Wildman–Crippen MR) is 160 cm³/mol. The molecule has 0 bridgehead atoms. The minimum atomic E-state index is -4.02. The number of carboxylic acids is 1. The number of nitrogens with one attached hydrogen (secondary N) is 5. The Bertz CT molecular complexity index is 981. The fourth-order valence-corrected chi connectivity index (χ4v) is 7.25. The van der Waals surface area contributed by atoms with Crippen molar-refractivity contribution in [3.63, 3.8) is 0 Å². The van der Waals surface area contributed by atoms with Crippen molar-refractivity contribution in [2.45, 2.75) is 61.6 Å². The van der Waals surface area contributed by atoms with E-state index in [0.29, 0.717) is 11.8 Å². The molecule has 2 aliphatic rings. The molecule has 2 saturated heterocycles. The Kier molecular flexibility index (Phi) is 17.2. The van der Waals surface area contributed by atoms with Crippen LogP contribution in [0.4, 0.5) is 0 Å². The minimum Gasteiger partial charge on any atom is -0.480 e. The summed E-state index contributed by atoms with van der Waals surface area (Å²) in [5.74, 6) is -1.09. The second-order valence-electron chi connectivity index (χ2n) is 10.2. The van der Waals surface area contributed by atoms with Crippen LogP contribution in [0.2, 0.25) is 0 Å². The molecule has 1 unspecified atom stereocenters. The van der Waals surface area contributed by atoms with Gasteiger partial charge >= 0.3 is 5.97 Å². The highest BCUT2D eigenvalue weighted by atomic mass is 35.5. The Morgan fingerprint density at radius 3 is 1.98 bits per heavy atom. The third-order valence-electron chi connectivity index (χ3n) is 7.42. The highest BCUT2D eigenvalue weighted by Crippen LogP contribution is 2.26. The van der Waals surface area contributed by atoms with E-state index in [1.807, 2.05) is 0 Å². The van der Waals surface area contributed by atoms with E-state index in [9.17, 15) is 27.9 Å². The topological polar surface area (TPSA) is 166 Å². The molecule has 230 valence electrons. The standard InChI is InChI=1S/C25H41N5O6S2.2ClH/c31-22(28-16-21(25(33)34)30-38(35,36)23-2-1-15-37-23)17-29-24(32)20(5-3-18-7-11-26-12-8-18)6-4-19-9-13-27-14-10-19;;/h1-2,15,18-21,26-27,30H,3-14,16-17H2,(H,28,31)(H,29,32)(H,33,34);2*1H. The number of halogens is 2. The summed E-state index contributed by atoms with van der Waals surface area (Å²) in [6.45, 7) is 3.31. The van der Waals surface area contributed by atoms with Gasteiger partial charge in [-0.05, 0) is 101 Å². The van der Waals surface area contributed by atoms with E-state index in [1.165, 1.54) is 6.07 Å². The SMILES string of the molecule is Cl.Cl.O=C(CNC(=O)C(CCC1CCNCC1)CCC1CCNCC1)NCC(NS(=O)(=O)c1cccs1)C(=O)O. The van der Waals surface area contributed by atoms with Crippen LogP contribution in [-0.2, 0) is 24.4 Å². The van der Waals surface area contributed by atoms with Gasteiger partial charge < -0.3 is 26.4 Å². The van der Waals surface area contributed by atoms with Gasteiger partial charge in [0.2, 0.25) is 11.8 Å². The number of rotatable bonds is 15. The van der Waals surface area contributed by atoms with E-state index >= 15 is 0 Å². The van der Waals surface area contributed by atoms with Crippen LogP contribution in [0, 0.1) is 17.8 Å². The maximum Gasteiger partial charge on any atom is 0.323 e. The summed E-state index contributed by atoms with van der Waals surface area (Å²) in [4.78, 5) is 37.0. The molecule has 2 amide bonds. The first-order valence-corrected chi connectivity index (χ1v) is 15.9. The smallest absolute Gasteiger partial charge is 0.323 e. The number of piperidine rings is 2. The first-order chi connectivity index (χ1) is 18.2. The maximum absolute atomic E-state index is 13.1. The highest BCUT2D eigenvalue weighted by Gasteiger charge is 2.27. The summed E-state index contributed by atoms with van der Waals surface area (Å²) >= 11 is 0.963. The van der Waals surface area contributed by atoms with Crippen LogP contribution in [0.25, 0.3) is 0 Å². The van der Waals surface area contributed by atoms with Crippen molar-refractivity contribution in [1.29, 1.82) is 0 Å². The van der Waals surface area contributed by atoms with Crippen molar-refractivity contribution in [3.05, 3.63) is 17.5 Å². The summed E-state index contributed by atoms with van der Waals surface area (Å²) in [7, 11) is -4.02. The molecule has 2 fully saturated rings. The van der Waals surface area contributed by atoms with Crippen molar-refractivity contribution >= 4 is 64.0 Å². The van der Waals surface area contributed by atoms with Crippen molar-refractivity contribution < 1.29 is 27.9 Å². The Morgan fingerprint density at radius 1 is 0.950 bits per heavy atom. The lowest BCUT2D eigenvalue weighted by Gasteiger charge is -2.27. The molecule has 3 rings (SSSR count). The maximum atomic E-state index is 13.1. The lowest BCUT2D eigenvalue weighted by atomic mass is 9.84. The van der Waals surface area contributed by atoms with Gasteiger partial charge in [-0.1, -0.05) is 6.07 Å². The molecular weight excluding hydrogens is 601 g/mol. The van der Waals surface area contributed by atoms with Crippen LogP contribution in [0.3, 0.4) is 0 Å². The van der Waals surface area contributed by atoms with Gasteiger partial charge in [-0.25, -0.2) is 8.42 Å².